The van der Waals surface area contributed by atoms with Crippen LogP contribution in [0.4, 0.5) is 0 Å². The maximum Gasteiger partial charge on any atom is 0.236 e. The normalized spacial score (nSPS) is 10.9. The molecule has 0 fully saturated rings. The van der Waals surface area contributed by atoms with Crippen LogP contribution < -0.4 is 0 Å². The van der Waals surface area contributed by atoms with Crippen molar-refractivity contribution in [3.8, 4) is 0 Å². The summed E-state index contributed by atoms with van der Waals surface area (Å²) < 4.78 is 0. The van der Waals surface area contributed by atoms with E-state index in [0.29, 0.717) is 13.1 Å². The minimum absolute atomic E-state index is 0.201. The number of benzene rings is 1. The molecule has 118 valence electrons. The predicted molar refractivity (Wildman–Crippen MR) is 89.3 cm³/mol. The number of amides is 1. The molecule has 0 aliphatic heterocycles. The molecule has 21 heavy (non-hydrogen) atoms. The van der Waals surface area contributed by atoms with Gasteiger partial charge in [-0.1, -0.05) is 51.5 Å². The molecule has 0 aliphatic rings. The number of carbonyl (C=O) groups is 1. The van der Waals surface area contributed by atoms with Gasteiger partial charge in [0.15, 0.2) is 0 Å². The molecule has 0 aromatic heterocycles. The van der Waals surface area contributed by atoms with E-state index in [9.17, 15) is 4.79 Å². The molecule has 3 heteroatoms. The van der Waals surface area contributed by atoms with Crippen molar-refractivity contribution in [1.29, 1.82) is 0 Å². The lowest BCUT2D eigenvalue weighted by atomic mass is 10.1. The van der Waals surface area contributed by atoms with E-state index >= 15 is 0 Å². The van der Waals surface area contributed by atoms with Gasteiger partial charge in [-0.3, -0.25) is 9.69 Å². The van der Waals surface area contributed by atoms with Crippen LogP contribution in [0.15, 0.2) is 24.3 Å². The van der Waals surface area contributed by atoms with E-state index < -0.39 is 0 Å². The Hall–Kier alpha value is -1.35. The van der Waals surface area contributed by atoms with Crippen molar-refractivity contribution in [2.24, 2.45) is 0 Å². The molecule has 0 unspecified atom stereocenters. The highest BCUT2D eigenvalue weighted by atomic mass is 16.2. The molecule has 0 saturated carbocycles. The summed E-state index contributed by atoms with van der Waals surface area (Å²) in [5.41, 5.74) is 2.53. The first kappa shape index (κ1) is 17.7. The predicted octanol–water partition coefficient (Wildman–Crippen LogP) is 3.33. The summed E-state index contributed by atoms with van der Waals surface area (Å²) in [5.74, 6) is 0.201. The molecule has 0 spiro atoms. The van der Waals surface area contributed by atoms with Crippen LogP contribution in [0.25, 0.3) is 0 Å². The Balaban J connectivity index is 2.48. The summed E-state index contributed by atoms with van der Waals surface area (Å²) in [6.45, 7) is 9.62. The maximum absolute atomic E-state index is 12.3. The SMILES string of the molecule is CCCCN(CC)CC(=O)N(C)Cc1ccc(CC)cc1. The molecule has 0 bridgehead atoms. The van der Waals surface area contributed by atoms with Gasteiger partial charge in [-0.2, -0.15) is 0 Å². The zero-order valence-corrected chi connectivity index (χ0v) is 14.1. The van der Waals surface area contributed by atoms with Gasteiger partial charge in [0.25, 0.3) is 0 Å². The van der Waals surface area contributed by atoms with E-state index in [0.717, 1.165) is 25.9 Å². The van der Waals surface area contributed by atoms with Gasteiger partial charge in [-0.15, -0.1) is 0 Å². The molecule has 0 radical (unpaired) electrons. The summed E-state index contributed by atoms with van der Waals surface area (Å²) in [4.78, 5) is 16.3. The van der Waals surface area contributed by atoms with E-state index in [2.05, 4.69) is 49.9 Å². The summed E-state index contributed by atoms with van der Waals surface area (Å²) in [6.07, 6.45) is 3.38. The van der Waals surface area contributed by atoms with Gasteiger partial charge in [-0.25, -0.2) is 0 Å². The lowest BCUT2D eigenvalue weighted by Gasteiger charge is -2.24. The fourth-order valence-electron chi connectivity index (χ4n) is 2.29. The first-order valence-corrected chi connectivity index (χ1v) is 8.14. The fraction of sp³-hybridized carbons (Fsp3) is 0.611. The molecule has 1 amide bonds. The average molecular weight is 290 g/mol. The van der Waals surface area contributed by atoms with Gasteiger partial charge in [0.05, 0.1) is 6.54 Å². The maximum atomic E-state index is 12.3. The van der Waals surface area contributed by atoms with Crippen LogP contribution >= 0.6 is 0 Å². The monoisotopic (exact) mass is 290 g/mol. The van der Waals surface area contributed by atoms with Crippen LogP contribution in [0.2, 0.25) is 0 Å². The van der Waals surface area contributed by atoms with E-state index in [1.165, 1.54) is 17.5 Å². The molecule has 0 aliphatic carbocycles. The van der Waals surface area contributed by atoms with Crippen molar-refractivity contribution in [2.45, 2.75) is 46.6 Å². The molecular formula is C18H30N2O. The van der Waals surface area contributed by atoms with Crippen molar-refractivity contribution in [2.75, 3.05) is 26.7 Å². The highest BCUT2D eigenvalue weighted by molar-refractivity contribution is 5.78. The third kappa shape index (κ3) is 6.30. The molecule has 1 aromatic rings. The fourth-order valence-corrected chi connectivity index (χ4v) is 2.29. The van der Waals surface area contributed by atoms with Crippen molar-refractivity contribution >= 4 is 5.91 Å². The number of rotatable bonds is 9. The zero-order valence-electron chi connectivity index (χ0n) is 14.1. The second kappa shape index (κ2) is 9.56. The number of likely N-dealkylation sites (N-methyl/N-ethyl adjacent to an activating group) is 2. The van der Waals surface area contributed by atoms with Crippen LogP contribution in [-0.4, -0.2) is 42.4 Å². The van der Waals surface area contributed by atoms with Crippen LogP contribution in [0.3, 0.4) is 0 Å². The van der Waals surface area contributed by atoms with Crippen LogP contribution in [-0.2, 0) is 17.8 Å². The quantitative estimate of drug-likeness (QED) is 0.696. The second-order valence-corrected chi connectivity index (χ2v) is 5.64. The van der Waals surface area contributed by atoms with Gasteiger partial charge in [0.2, 0.25) is 5.91 Å². The minimum atomic E-state index is 0.201. The third-order valence-electron chi connectivity index (χ3n) is 3.91. The number of nitrogens with zero attached hydrogens (tertiary/aromatic N) is 2. The molecule has 1 rings (SSSR count). The summed E-state index contributed by atoms with van der Waals surface area (Å²) in [7, 11) is 1.89. The van der Waals surface area contributed by atoms with Crippen LogP contribution in [0, 0.1) is 0 Å². The van der Waals surface area contributed by atoms with E-state index in [4.69, 9.17) is 0 Å². The highest BCUT2D eigenvalue weighted by Crippen LogP contribution is 2.08. The Morgan fingerprint density at radius 3 is 2.19 bits per heavy atom. The number of carbonyl (C=O) groups excluding carboxylic acids is 1. The second-order valence-electron chi connectivity index (χ2n) is 5.64. The first-order valence-electron chi connectivity index (χ1n) is 8.14. The first-order chi connectivity index (χ1) is 10.1. The van der Waals surface area contributed by atoms with E-state index in [1.54, 1.807) is 0 Å². The smallest absolute Gasteiger partial charge is 0.236 e. The standard InChI is InChI=1S/C18H30N2O/c1-5-8-13-20(7-3)15-18(21)19(4)14-17-11-9-16(6-2)10-12-17/h9-12H,5-8,13-15H2,1-4H3. The van der Waals surface area contributed by atoms with E-state index in [-0.39, 0.29) is 5.91 Å². The van der Waals surface area contributed by atoms with Gasteiger partial charge in [0.1, 0.15) is 0 Å². The van der Waals surface area contributed by atoms with Crippen molar-refractivity contribution in [3.63, 3.8) is 0 Å². The molecule has 0 saturated heterocycles. The van der Waals surface area contributed by atoms with Gasteiger partial charge < -0.3 is 4.90 Å². The Labute approximate surface area is 129 Å². The van der Waals surface area contributed by atoms with Crippen LogP contribution in [0.1, 0.15) is 44.7 Å². The largest absolute Gasteiger partial charge is 0.340 e. The lowest BCUT2D eigenvalue weighted by Crippen LogP contribution is -2.38. The average Bonchev–Trinajstić information content (AvgIpc) is 2.51. The highest BCUT2D eigenvalue weighted by Gasteiger charge is 2.13. The van der Waals surface area contributed by atoms with Gasteiger partial charge in [0, 0.05) is 13.6 Å². The lowest BCUT2D eigenvalue weighted by molar-refractivity contribution is -0.131. The minimum Gasteiger partial charge on any atom is -0.340 e. The molecule has 1 aromatic carbocycles. The van der Waals surface area contributed by atoms with Crippen molar-refractivity contribution in [3.05, 3.63) is 35.4 Å². The van der Waals surface area contributed by atoms with E-state index in [1.807, 2.05) is 11.9 Å². The Kier molecular flexibility index (Phi) is 8.06. The Morgan fingerprint density at radius 2 is 1.67 bits per heavy atom. The van der Waals surface area contributed by atoms with Crippen molar-refractivity contribution in [1.82, 2.24) is 9.80 Å². The molecule has 0 atom stereocenters. The summed E-state index contributed by atoms with van der Waals surface area (Å²) in [6, 6.07) is 8.54. The van der Waals surface area contributed by atoms with Crippen molar-refractivity contribution < 1.29 is 4.79 Å². The summed E-state index contributed by atoms with van der Waals surface area (Å²) >= 11 is 0. The van der Waals surface area contributed by atoms with Gasteiger partial charge >= 0.3 is 0 Å². The van der Waals surface area contributed by atoms with Crippen LogP contribution in [0.5, 0.6) is 0 Å². The molecule has 0 N–H and O–H groups in total. The zero-order chi connectivity index (χ0) is 15.7. The van der Waals surface area contributed by atoms with Gasteiger partial charge in [-0.05, 0) is 37.1 Å². The molecule has 3 nitrogen and oxygen atoms in total. The molecule has 0 heterocycles. The Bertz CT molecular complexity index is 414. The number of aryl methyl sites for hydroxylation is 1. The topological polar surface area (TPSA) is 23.6 Å². The summed E-state index contributed by atoms with van der Waals surface area (Å²) in [5, 5.41) is 0. The number of unbranched alkanes of at least 4 members (excludes halogenated alkanes) is 1. The number of hydrogen-bond acceptors (Lipinski definition) is 2. The number of hydrogen-bond donors (Lipinski definition) is 0. The molecular weight excluding hydrogens is 260 g/mol. The third-order valence-corrected chi connectivity index (χ3v) is 3.91. The Morgan fingerprint density at radius 1 is 1.05 bits per heavy atom.